The maximum atomic E-state index is 12.7. The molecular formula is C15H20N2O3S. The van der Waals surface area contributed by atoms with Gasteiger partial charge in [0.05, 0.1) is 5.37 Å². The average Bonchev–Trinajstić information content (AvgIpc) is 2.90. The van der Waals surface area contributed by atoms with E-state index in [9.17, 15) is 14.7 Å². The number of carbonyl (C=O) groups is 2. The van der Waals surface area contributed by atoms with Crippen LogP contribution in [0.2, 0.25) is 0 Å². The average molecular weight is 308 g/mol. The lowest BCUT2D eigenvalue weighted by atomic mass is 10.2. The minimum Gasteiger partial charge on any atom is -0.480 e. The Morgan fingerprint density at radius 2 is 2.00 bits per heavy atom. The van der Waals surface area contributed by atoms with Crippen molar-refractivity contribution in [2.75, 3.05) is 17.7 Å². The SMILES string of the molecule is CCC1SCC(C(=O)O)N1C(=O)N(C)c1ccc(C)cc1. The molecule has 21 heavy (non-hydrogen) atoms. The van der Waals surface area contributed by atoms with Crippen molar-refractivity contribution >= 4 is 29.4 Å². The number of nitrogens with zero attached hydrogens (tertiary/aromatic N) is 2. The van der Waals surface area contributed by atoms with Crippen molar-refractivity contribution in [1.29, 1.82) is 0 Å². The number of benzene rings is 1. The number of aliphatic carboxylic acids is 1. The van der Waals surface area contributed by atoms with E-state index in [4.69, 9.17) is 0 Å². The molecule has 1 heterocycles. The van der Waals surface area contributed by atoms with Crippen LogP contribution in [0.4, 0.5) is 10.5 Å². The van der Waals surface area contributed by atoms with Gasteiger partial charge in [0, 0.05) is 18.5 Å². The molecule has 1 aliphatic heterocycles. The van der Waals surface area contributed by atoms with Gasteiger partial charge in [-0.15, -0.1) is 11.8 Å². The maximum Gasteiger partial charge on any atom is 0.327 e. The third-order valence-electron chi connectivity index (χ3n) is 3.66. The van der Waals surface area contributed by atoms with E-state index in [1.54, 1.807) is 7.05 Å². The Bertz CT molecular complexity index is 532. The van der Waals surface area contributed by atoms with Crippen LogP contribution in [0, 0.1) is 6.92 Å². The highest BCUT2D eigenvalue weighted by molar-refractivity contribution is 8.00. The standard InChI is InChI=1S/C15H20N2O3S/c1-4-13-17(12(9-21-13)14(18)19)15(20)16(3)11-7-5-10(2)6-8-11/h5-8,12-13H,4,9H2,1-3H3,(H,18,19). The zero-order valence-corrected chi connectivity index (χ0v) is 13.3. The topological polar surface area (TPSA) is 60.9 Å². The predicted octanol–water partition coefficient (Wildman–Crippen LogP) is 2.79. The van der Waals surface area contributed by atoms with Crippen molar-refractivity contribution in [3.8, 4) is 0 Å². The first-order valence-electron chi connectivity index (χ1n) is 6.92. The van der Waals surface area contributed by atoms with E-state index in [1.165, 1.54) is 21.6 Å². The number of anilines is 1. The predicted molar refractivity (Wildman–Crippen MR) is 84.8 cm³/mol. The Morgan fingerprint density at radius 1 is 1.38 bits per heavy atom. The first kappa shape index (κ1) is 15.7. The highest BCUT2D eigenvalue weighted by atomic mass is 32.2. The largest absolute Gasteiger partial charge is 0.480 e. The first-order chi connectivity index (χ1) is 9.95. The summed E-state index contributed by atoms with van der Waals surface area (Å²) in [5, 5.41) is 9.23. The van der Waals surface area contributed by atoms with Gasteiger partial charge in [-0.3, -0.25) is 9.80 Å². The van der Waals surface area contributed by atoms with Crippen LogP contribution in [-0.2, 0) is 4.79 Å². The smallest absolute Gasteiger partial charge is 0.327 e. The maximum absolute atomic E-state index is 12.7. The van der Waals surface area contributed by atoms with Crippen molar-refractivity contribution in [3.05, 3.63) is 29.8 Å². The second-order valence-electron chi connectivity index (χ2n) is 5.13. The summed E-state index contributed by atoms with van der Waals surface area (Å²) in [6.07, 6.45) is 0.738. The third-order valence-corrected chi connectivity index (χ3v) is 5.11. The summed E-state index contributed by atoms with van der Waals surface area (Å²) in [7, 11) is 1.68. The fraction of sp³-hybridized carbons (Fsp3) is 0.467. The molecule has 1 saturated heterocycles. The van der Waals surface area contributed by atoms with Crippen LogP contribution in [0.1, 0.15) is 18.9 Å². The van der Waals surface area contributed by atoms with E-state index in [2.05, 4.69) is 0 Å². The van der Waals surface area contributed by atoms with Gasteiger partial charge in [0.1, 0.15) is 6.04 Å². The fourth-order valence-corrected chi connectivity index (χ4v) is 3.72. The molecule has 2 atom stereocenters. The number of amides is 2. The van der Waals surface area contributed by atoms with Gasteiger partial charge in [-0.2, -0.15) is 0 Å². The highest BCUT2D eigenvalue weighted by Crippen LogP contribution is 2.32. The van der Waals surface area contributed by atoms with Gasteiger partial charge in [0.2, 0.25) is 0 Å². The molecule has 1 aromatic carbocycles. The van der Waals surface area contributed by atoms with Crippen molar-refractivity contribution < 1.29 is 14.7 Å². The van der Waals surface area contributed by atoms with Gasteiger partial charge in [-0.05, 0) is 25.5 Å². The Labute approximate surface area is 128 Å². The van der Waals surface area contributed by atoms with Crippen molar-refractivity contribution in [2.45, 2.75) is 31.7 Å². The van der Waals surface area contributed by atoms with Crippen molar-refractivity contribution in [1.82, 2.24) is 4.90 Å². The van der Waals surface area contributed by atoms with Gasteiger partial charge in [0.15, 0.2) is 0 Å². The van der Waals surface area contributed by atoms with Crippen LogP contribution in [0.5, 0.6) is 0 Å². The molecule has 1 aromatic rings. The summed E-state index contributed by atoms with van der Waals surface area (Å²) in [5.41, 5.74) is 1.88. The number of hydrogen-bond donors (Lipinski definition) is 1. The van der Waals surface area contributed by atoms with Gasteiger partial charge in [-0.25, -0.2) is 9.59 Å². The molecule has 0 spiro atoms. The van der Waals surface area contributed by atoms with Gasteiger partial charge in [-0.1, -0.05) is 24.6 Å². The fourth-order valence-electron chi connectivity index (χ4n) is 2.38. The lowest BCUT2D eigenvalue weighted by Gasteiger charge is -2.31. The van der Waals surface area contributed by atoms with Crippen LogP contribution >= 0.6 is 11.8 Å². The molecule has 0 radical (unpaired) electrons. The molecule has 6 heteroatoms. The molecule has 114 valence electrons. The number of thioether (sulfide) groups is 1. The van der Waals surface area contributed by atoms with E-state index in [-0.39, 0.29) is 11.4 Å². The molecule has 0 saturated carbocycles. The monoisotopic (exact) mass is 308 g/mol. The number of carboxylic acid groups (broad SMARTS) is 1. The van der Waals surface area contributed by atoms with E-state index < -0.39 is 12.0 Å². The van der Waals surface area contributed by atoms with Gasteiger partial charge in [0.25, 0.3) is 0 Å². The molecule has 5 nitrogen and oxygen atoms in total. The normalized spacial score (nSPS) is 21.4. The molecule has 1 N–H and O–H groups in total. The Morgan fingerprint density at radius 3 is 2.52 bits per heavy atom. The number of urea groups is 1. The van der Waals surface area contributed by atoms with Crippen LogP contribution in [0.3, 0.4) is 0 Å². The van der Waals surface area contributed by atoms with E-state index in [0.717, 1.165) is 17.7 Å². The zero-order valence-electron chi connectivity index (χ0n) is 12.4. The second-order valence-corrected chi connectivity index (χ2v) is 6.35. The number of carbonyl (C=O) groups excluding carboxylic acids is 1. The van der Waals surface area contributed by atoms with Gasteiger partial charge < -0.3 is 5.11 Å². The summed E-state index contributed by atoms with van der Waals surface area (Å²) in [5.74, 6) is -0.495. The van der Waals surface area contributed by atoms with E-state index in [0.29, 0.717) is 5.75 Å². The van der Waals surface area contributed by atoms with Crippen LogP contribution < -0.4 is 4.90 Å². The minimum absolute atomic E-state index is 0.0773. The second kappa shape index (κ2) is 6.39. The first-order valence-corrected chi connectivity index (χ1v) is 7.97. The van der Waals surface area contributed by atoms with Gasteiger partial charge >= 0.3 is 12.0 Å². The van der Waals surface area contributed by atoms with Crippen molar-refractivity contribution in [2.24, 2.45) is 0 Å². The summed E-state index contributed by atoms with van der Waals surface area (Å²) < 4.78 is 0. The van der Waals surface area contributed by atoms with Crippen LogP contribution in [0.15, 0.2) is 24.3 Å². The number of carboxylic acids is 1. The molecule has 0 aliphatic carbocycles. The molecule has 2 rings (SSSR count). The molecule has 2 amide bonds. The van der Waals surface area contributed by atoms with E-state index >= 15 is 0 Å². The number of aryl methyl sites for hydroxylation is 1. The Balaban J connectivity index is 2.23. The Kier molecular flexibility index (Phi) is 4.77. The Hall–Kier alpha value is -1.69. The summed E-state index contributed by atoms with van der Waals surface area (Å²) >= 11 is 1.53. The molecule has 1 fully saturated rings. The summed E-state index contributed by atoms with van der Waals surface area (Å²) in [6, 6.07) is 6.59. The lowest BCUT2D eigenvalue weighted by Crippen LogP contribution is -2.50. The molecule has 0 bridgehead atoms. The number of hydrogen-bond acceptors (Lipinski definition) is 3. The van der Waals surface area contributed by atoms with Crippen LogP contribution in [-0.4, -0.2) is 46.2 Å². The molecule has 0 aromatic heterocycles. The molecule has 1 aliphatic rings. The zero-order chi connectivity index (χ0) is 15.6. The summed E-state index contributed by atoms with van der Waals surface area (Å²) in [4.78, 5) is 27.1. The molecule has 2 unspecified atom stereocenters. The summed E-state index contributed by atoms with van der Waals surface area (Å²) in [6.45, 7) is 3.95. The minimum atomic E-state index is -0.941. The van der Waals surface area contributed by atoms with Crippen molar-refractivity contribution in [3.63, 3.8) is 0 Å². The highest BCUT2D eigenvalue weighted by Gasteiger charge is 2.42. The molecular weight excluding hydrogens is 288 g/mol. The third kappa shape index (κ3) is 3.15. The lowest BCUT2D eigenvalue weighted by molar-refractivity contribution is -0.141. The quantitative estimate of drug-likeness (QED) is 0.932. The number of rotatable bonds is 3. The van der Waals surface area contributed by atoms with Crippen LogP contribution in [0.25, 0.3) is 0 Å². The van der Waals surface area contributed by atoms with E-state index in [1.807, 2.05) is 38.1 Å².